The first kappa shape index (κ1) is 16.2. The fourth-order valence-corrected chi connectivity index (χ4v) is 4.99. The highest BCUT2D eigenvalue weighted by atomic mass is 32.2. The number of nitrogens with two attached hydrogens (primary N) is 1. The summed E-state index contributed by atoms with van der Waals surface area (Å²) in [4.78, 5) is 14.8. The summed E-state index contributed by atoms with van der Waals surface area (Å²) in [6.45, 7) is 3.70. The van der Waals surface area contributed by atoms with E-state index in [2.05, 4.69) is 11.8 Å². The summed E-state index contributed by atoms with van der Waals surface area (Å²) in [6.07, 6.45) is 8.10. The summed E-state index contributed by atoms with van der Waals surface area (Å²) in [5.41, 5.74) is 5.93. The van der Waals surface area contributed by atoms with Gasteiger partial charge in [0.1, 0.15) is 0 Å². The molecule has 4 heteroatoms. The van der Waals surface area contributed by atoms with Crippen molar-refractivity contribution in [1.82, 2.24) is 4.90 Å². The van der Waals surface area contributed by atoms with Crippen molar-refractivity contribution in [3.63, 3.8) is 0 Å². The van der Waals surface area contributed by atoms with Gasteiger partial charge < -0.3 is 10.6 Å². The highest BCUT2D eigenvalue weighted by Gasteiger charge is 2.32. The zero-order valence-electron chi connectivity index (χ0n) is 12.9. The highest BCUT2D eigenvalue weighted by molar-refractivity contribution is 7.99. The third-order valence-electron chi connectivity index (χ3n) is 5.04. The summed E-state index contributed by atoms with van der Waals surface area (Å²) < 4.78 is 0. The second kappa shape index (κ2) is 8.28. The molecule has 2 unspecified atom stereocenters. The van der Waals surface area contributed by atoms with Gasteiger partial charge in [-0.3, -0.25) is 4.79 Å². The molecule has 0 radical (unpaired) electrons. The molecule has 1 aliphatic heterocycles. The van der Waals surface area contributed by atoms with Crippen LogP contribution in [0.5, 0.6) is 0 Å². The molecule has 116 valence electrons. The van der Waals surface area contributed by atoms with Gasteiger partial charge in [0.25, 0.3) is 0 Å². The van der Waals surface area contributed by atoms with Crippen LogP contribution < -0.4 is 5.73 Å². The van der Waals surface area contributed by atoms with E-state index in [-0.39, 0.29) is 0 Å². The van der Waals surface area contributed by atoms with E-state index in [1.807, 2.05) is 11.8 Å². The molecular weight excluding hydrogens is 268 g/mol. The molecular formula is C16H30N2OS. The Labute approximate surface area is 128 Å². The van der Waals surface area contributed by atoms with E-state index in [4.69, 9.17) is 5.73 Å². The summed E-state index contributed by atoms with van der Waals surface area (Å²) >= 11 is 2.03. The zero-order valence-corrected chi connectivity index (χ0v) is 13.7. The lowest BCUT2D eigenvalue weighted by Crippen LogP contribution is -2.48. The van der Waals surface area contributed by atoms with Crippen molar-refractivity contribution in [2.75, 3.05) is 24.6 Å². The van der Waals surface area contributed by atoms with Gasteiger partial charge in [0, 0.05) is 19.0 Å². The van der Waals surface area contributed by atoms with Gasteiger partial charge in [-0.1, -0.05) is 12.8 Å². The van der Waals surface area contributed by atoms with Gasteiger partial charge in [-0.25, -0.2) is 0 Å². The van der Waals surface area contributed by atoms with Crippen LogP contribution in [-0.4, -0.2) is 41.4 Å². The van der Waals surface area contributed by atoms with E-state index in [1.54, 1.807) is 0 Å². The second-order valence-electron chi connectivity index (χ2n) is 6.29. The van der Waals surface area contributed by atoms with Crippen LogP contribution in [0.1, 0.15) is 51.9 Å². The van der Waals surface area contributed by atoms with Crippen LogP contribution in [0.15, 0.2) is 0 Å². The van der Waals surface area contributed by atoms with Gasteiger partial charge >= 0.3 is 0 Å². The Morgan fingerprint density at radius 1 is 1.20 bits per heavy atom. The monoisotopic (exact) mass is 298 g/mol. The molecule has 1 saturated heterocycles. The standard InChI is InChI=1S/C16H30N2OS/c1-2-18(15-6-4-3-5-14(15)12-17)16(19)11-13-7-9-20-10-8-13/h13-15H,2-12,17H2,1H3. The van der Waals surface area contributed by atoms with E-state index in [1.165, 1.54) is 43.6 Å². The Morgan fingerprint density at radius 2 is 1.90 bits per heavy atom. The van der Waals surface area contributed by atoms with E-state index < -0.39 is 0 Å². The number of amides is 1. The molecule has 3 nitrogen and oxygen atoms in total. The first-order valence-electron chi connectivity index (χ1n) is 8.33. The van der Waals surface area contributed by atoms with Gasteiger partial charge in [-0.05, 0) is 62.5 Å². The van der Waals surface area contributed by atoms with Crippen molar-refractivity contribution in [3.8, 4) is 0 Å². The van der Waals surface area contributed by atoms with E-state index in [0.717, 1.165) is 25.9 Å². The van der Waals surface area contributed by atoms with Crippen LogP contribution in [0.2, 0.25) is 0 Å². The minimum Gasteiger partial charge on any atom is -0.340 e. The lowest BCUT2D eigenvalue weighted by Gasteiger charge is -2.40. The molecule has 0 bridgehead atoms. The van der Waals surface area contributed by atoms with E-state index in [0.29, 0.717) is 23.8 Å². The van der Waals surface area contributed by atoms with E-state index >= 15 is 0 Å². The molecule has 0 spiro atoms. The smallest absolute Gasteiger partial charge is 0.223 e. The molecule has 0 aromatic carbocycles. The number of rotatable bonds is 5. The Hall–Kier alpha value is -0.220. The molecule has 1 aliphatic carbocycles. The molecule has 1 amide bonds. The van der Waals surface area contributed by atoms with Crippen molar-refractivity contribution >= 4 is 17.7 Å². The SMILES string of the molecule is CCN(C(=O)CC1CCSCC1)C1CCCCC1CN. The minimum atomic E-state index is 0.384. The van der Waals surface area contributed by atoms with Crippen LogP contribution in [0.25, 0.3) is 0 Å². The van der Waals surface area contributed by atoms with Crippen molar-refractivity contribution in [1.29, 1.82) is 0 Å². The Balaban J connectivity index is 1.93. The van der Waals surface area contributed by atoms with Gasteiger partial charge in [0.2, 0.25) is 5.91 Å². The van der Waals surface area contributed by atoms with Gasteiger partial charge in [-0.15, -0.1) is 0 Å². The fourth-order valence-electron chi connectivity index (χ4n) is 3.78. The van der Waals surface area contributed by atoms with Gasteiger partial charge in [0.05, 0.1) is 0 Å². The third-order valence-corrected chi connectivity index (χ3v) is 6.09. The number of nitrogens with zero attached hydrogens (tertiary/aromatic N) is 1. The predicted molar refractivity (Wildman–Crippen MR) is 86.9 cm³/mol. The molecule has 2 N–H and O–H groups in total. The maximum absolute atomic E-state index is 12.7. The molecule has 0 aromatic heterocycles. The lowest BCUT2D eigenvalue weighted by atomic mass is 9.83. The summed E-state index contributed by atoms with van der Waals surface area (Å²) in [5, 5.41) is 0. The van der Waals surface area contributed by atoms with Gasteiger partial charge in [-0.2, -0.15) is 11.8 Å². The average molecular weight is 298 g/mol. The van der Waals surface area contributed by atoms with E-state index in [9.17, 15) is 4.79 Å². The Bertz CT molecular complexity index is 305. The largest absolute Gasteiger partial charge is 0.340 e. The number of thioether (sulfide) groups is 1. The first-order chi connectivity index (χ1) is 9.76. The lowest BCUT2D eigenvalue weighted by molar-refractivity contribution is -0.136. The van der Waals surface area contributed by atoms with Crippen LogP contribution >= 0.6 is 11.8 Å². The molecule has 2 fully saturated rings. The zero-order chi connectivity index (χ0) is 14.4. The number of carbonyl (C=O) groups excluding carboxylic acids is 1. The van der Waals surface area contributed by atoms with Crippen molar-refractivity contribution in [3.05, 3.63) is 0 Å². The number of carbonyl (C=O) groups is 1. The predicted octanol–water partition coefficient (Wildman–Crippen LogP) is 2.89. The van der Waals surface area contributed by atoms with Crippen LogP contribution in [-0.2, 0) is 4.79 Å². The molecule has 1 heterocycles. The maximum atomic E-state index is 12.7. The Morgan fingerprint density at radius 3 is 2.55 bits per heavy atom. The Kier molecular flexibility index (Phi) is 6.69. The minimum absolute atomic E-state index is 0.384. The maximum Gasteiger partial charge on any atom is 0.223 e. The third kappa shape index (κ3) is 4.14. The van der Waals surface area contributed by atoms with Gasteiger partial charge in [0.15, 0.2) is 0 Å². The number of hydrogen-bond donors (Lipinski definition) is 1. The summed E-state index contributed by atoms with van der Waals surface area (Å²) in [7, 11) is 0. The molecule has 1 saturated carbocycles. The highest BCUT2D eigenvalue weighted by Crippen LogP contribution is 2.30. The topological polar surface area (TPSA) is 46.3 Å². The molecule has 0 aromatic rings. The second-order valence-corrected chi connectivity index (χ2v) is 7.51. The van der Waals surface area contributed by atoms with Crippen molar-refractivity contribution < 1.29 is 4.79 Å². The average Bonchev–Trinajstić information content (AvgIpc) is 2.49. The molecule has 2 atom stereocenters. The number of hydrogen-bond acceptors (Lipinski definition) is 3. The fraction of sp³-hybridized carbons (Fsp3) is 0.938. The van der Waals surface area contributed by atoms with Crippen molar-refractivity contribution in [2.24, 2.45) is 17.6 Å². The molecule has 2 aliphatic rings. The first-order valence-corrected chi connectivity index (χ1v) is 9.49. The molecule has 2 rings (SSSR count). The van der Waals surface area contributed by atoms with Crippen LogP contribution in [0, 0.1) is 11.8 Å². The quantitative estimate of drug-likeness (QED) is 0.849. The van der Waals surface area contributed by atoms with Crippen LogP contribution in [0.3, 0.4) is 0 Å². The molecule has 20 heavy (non-hydrogen) atoms. The normalized spacial score (nSPS) is 28.3. The van der Waals surface area contributed by atoms with Crippen LogP contribution in [0.4, 0.5) is 0 Å². The summed E-state index contributed by atoms with van der Waals surface area (Å²) in [5.74, 6) is 4.00. The van der Waals surface area contributed by atoms with Crippen molar-refractivity contribution in [2.45, 2.75) is 57.9 Å². The summed E-state index contributed by atoms with van der Waals surface area (Å²) in [6, 6.07) is 0.407.